The summed E-state index contributed by atoms with van der Waals surface area (Å²) in [6, 6.07) is 59.8. The van der Waals surface area contributed by atoms with Gasteiger partial charge in [0.15, 0.2) is 17.5 Å². The van der Waals surface area contributed by atoms with E-state index in [0.717, 1.165) is 33.4 Å². The molecule has 234 valence electrons. The van der Waals surface area contributed by atoms with Crippen molar-refractivity contribution in [3.63, 3.8) is 0 Å². The number of para-hydroxylation sites is 1. The number of hydrogen-bond acceptors (Lipinski definition) is 4. The number of thiophene rings is 1. The molecule has 3 aromatic heterocycles. The molecule has 0 aliphatic carbocycles. The van der Waals surface area contributed by atoms with Crippen LogP contribution in [0.2, 0.25) is 0 Å². The fourth-order valence-electron chi connectivity index (χ4n) is 7.15. The first-order valence-corrected chi connectivity index (χ1v) is 17.5. The molecule has 0 amide bonds. The first kappa shape index (κ1) is 28.6. The molecule has 0 saturated heterocycles. The van der Waals surface area contributed by atoms with Crippen molar-refractivity contribution in [2.24, 2.45) is 0 Å². The smallest absolute Gasteiger partial charge is 0.164 e. The lowest BCUT2D eigenvalue weighted by molar-refractivity contribution is 1.07. The topological polar surface area (TPSA) is 43.6 Å². The molecule has 4 nitrogen and oxygen atoms in total. The van der Waals surface area contributed by atoms with E-state index in [-0.39, 0.29) is 0 Å². The molecule has 10 aromatic rings. The predicted molar refractivity (Wildman–Crippen MR) is 209 cm³/mol. The first-order valence-electron chi connectivity index (χ1n) is 16.7. The number of aromatic nitrogens is 4. The maximum Gasteiger partial charge on any atom is 0.164 e. The van der Waals surface area contributed by atoms with Crippen LogP contribution in [0.25, 0.3) is 93.0 Å². The highest BCUT2D eigenvalue weighted by molar-refractivity contribution is 7.25. The second-order valence-corrected chi connectivity index (χ2v) is 13.5. The standard InChI is InChI=1S/C45H28N4S/c1-3-13-29(14-4-1)43-46-44(30-15-5-2-6-16-30)48-45(47-43)32-17-11-18-33(27-32)49-38-22-9-7-19-35(38)36-26-25-31(28-39(36)49)34-21-12-24-41-42(34)37-20-8-10-23-40(37)50-41/h1-28H. The van der Waals surface area contributed by atoms with Gasteiger partial charge in [0.05, 0.1) is 11.0 Å². The van der Waals surface area contributed by atoms with E-state index in [1.54, 1.807) is 0 Å². The van der Waals surface area contributed by atoms with Crippen molar-refractivity contribution in [1.82, 2.24) is 19.5 Å². The number of fused-ring (bicyclic) bond motifs is 6. The van der Waals surface area contributed by atoms with E-state index in [9.17, 15) is 0 Å². The Balaban J connectivity index is 1.18. The molecule has 7 aromatic carbocycles. The van der Waals surface area contributed by atoms with E-state index in [1.165, 1.54) is 42.1 Å². The van der Waals surface area contributed by atoms with Crippen LogP contribution in [0, 0.1) is 0 Å². The predicted octanol–water partition coefficient (Wildman–Crippen LogP) is 12.0. The Morgan fingerprint density at radius 1 is 0.380 bits per heavy atom. The highest BCUT2D eigenvalue weighted by atomic mass is 32.1. The Hall–Kier alpha value is -6.43. The van der Waals surface area contributed by atoms with Crippen molar-refractivity contribution < 1.29 is 0 Å². The van der Waals surface area contributed by atoms with Gasteiger partial charge in [-0.3, -0.25) is 0 Å². The van der Waals surface area contributed by atoms with Crippen LogP contribution in [-0.2, 0) is 0 Å². The van der Waals surface area contributed by atoms with Crippen LogP contribution in [0.15, 0.2) is 170 Å². The average molecular weight is 657 g/mol. The minimum absolute atomic E-state index is 0.636. The van der Waals surface area contributed by atoms with E-state index in [4.69, 9.17) is 15.0 Å². The second kappa shape index (κ2) is 11.6. The number of benzene rings is 7. The van der Waals surface area contributed by atoms with Crippen molar-refractivity contribution >= 4 is 53.3 Å². The maximum absolute atomic E-state index is 5.02. The van der Waals surface area contributed by atoms with Gasteiger partial charge in [0.1, 0.15) is 0 Å². The van der Waals surface area contributed by atoms with Crippen molar-refractivity contribution in [3.05, 3.63) is 170 Å². The molecule has 0 spiro atoms. The first-order chi connectivity index (χ1) is 24.8. The van der Waals surface area contributed by atoms with Crippen molar-refractivity contribution in [3.8, 4) is 51.0 Å². The Kier molecular flexibility index (Phi) is 6.64. The number of hydrogen-bond donors (Lipinski definition) is 0. The van der Waals surface area contributed by atoms with Gasteiger partial charge in [0.25, 0.3) is 0 Å². The summed E-state index contributed by atoms with van der Waals surface area (Å²) in [5.74, 6) is 1.94. The van der Waals surface area contributed by atoms with Crippen LogP contribution >= 0.6 is 11.3 Å². The van der Waals surface area contributed by atoms with E-state index >= 15 is 0 Å². The molecule has 0 aliphatic heterocycles. The van der Waals surface area contributed by atoms with Gasteiger partial charge < -0.3 is 4.57 Å². The Morgan fingerprint density at radius 2 is 0.960 bits per heavy atom. The SMILES string of the molecule is c1ccc(-c2nc(-c3ccccc3)nc(-c3cccc(-n4c5ccccc5c5ccc(-c6cccc7sc8ccccc8c67)cc54)c3)n2)cc1. The molecule has 0 bridgehead atoms. The van der Waals surface area contributed by atoms with E-state index in [2.05, 4.69) is 114 Å². The molecular weight excluding hydrogens is 629 g/mol. The van der Waals surface area contributed by atoms with Crippen LogP contribution in [0.4, 0.5) is 0 Å². The lowest BCUT2D eigenvalue weighted by atomic mass is 9.98. The van der Waals surface area contributed by atoms with Gasteiger partial charge in [0.2, 0.25) is 0 Å². The third kappa shape index (κ3) is 4.71. The number of nitrogens with zero attached hydrogens (tertiary/aromatic N) is 4. The molecule has 3 heterocycles. The molecule has 0 unspecified atom stereocenters. The lowest BCUT2D eigenvalue weighted by Gasteiger charge is -2.12. The van der Waals surface area contributed by atoms with Gasteiger partial charge in [-0.05, 0) is 47.5 Å². The summed E-state index contributed by atoms with van der Waals surface area (Å²) < 4.78 is 4.99. The molecular formula is C45H28N4S. The van der Waals surface area contributed by atoms with Crippen LogP contribution in [0.5, 0.6) is 0 Å². The lowest BCUT2D eigenvalue weighted by Crippen LogP contribution is -2.01. The summed E-state index contributed by atoms with van der Waals surface area (Å²) in [6.07, 6.45) is 0. The normalized spacial score (nSPS) is 11.6. The highest BCUT2D eigenvalue weighted by Gasteiger charge is 2.17. The van der Waals surface area contributed by atoms with E-state index < -0.39 is 0 Å². The van der Waals surface area contributed by atoms with Gasteiger partial charge in [0, 0.05) is 53.3 Å². The minimum atomic E-state index is 0.636. The Bertz CT molecular complexity index is 2810. The average Bonchev–Trinajstić information content (AvgIpc) is 3.74. The molecule has 0 fully saturated rings. The van der Waals surface area contributed by atoms with Crippen molar-refractivity contribution in [2.45, 2.75) is 0 Å². The largest absolute Gasteiger partial charge is 0.309 e. The maximum atomic E-state index is 5.02. The van der Waals surface area contributed by atoms with Crippen LogP contribution in [-0.4, -0.2) is 19.5 Å². The van der Waals surface area contributed by atoms with Gasteiger partial charge in [-0.1, -0.05) is 133 Å². The van der Waals surface area contributed by atoms with Crippen LogP contribution in [0.3, 0.4) is 0 Å². The minimum Gasteiger partial charge on any atom is -0.309 e. The quantitative estimate of drug-likeness (QED) is 0.185. The van der Waals surface area contributed by atoms with Crippen LogP contribution < -0.4 is 0 Å². The monoisotopic (exact) mass is 656 g/mol. The summed E-state index contributed by atoms with van der Waals surface area (Å²) in [6.45, 7) is 0. The fraction of sp³-hybridized carbons (Fsp3) is 0. The number of rotatable bonds is 5. The third-order valence-electron chi connectivity index (χ3n) is 9.45. The molecule has 10 rings (SSSR count). The summed E-state index contributed by atoms with van der Waals surface area (Å²) in [4.78, 5) is 14.9. The fourth-order valence-corrected chi connectivity index (χ4v) is 8.29. The van der Waals surface area contributed by atoms with Gasteiger partial charge >= 0.3 is 0 Å². The Labute approximate surface area is 292 Å². The second-order valence-electron chi connectivity index (χ2n) is 12.5. The van der Waals surface area contributed by atoms with Crippen LogP contribution in [0.1, 0.15) is 0 Å². The summed E-state index contributed by atoms with van der Waals surface area (Å²) in [5, 5.41) is 5.06. The van der Waals surface area contributed by atoms with Gasteiger partial charge in [-0.2, -0.15) is 0 Å². The highest BCUT2D eigenvalue weighted by Crippen LogP contribution is 2.42. The van der Waals surface area contributed by atoms with E-state index in [1.807, 2.05) is 72.0 Å². The summed E-state index contributed by atoms with van der Waals surface area (Å²) >= 11 is 1.85. The van der Waals surface area contributed by atoms with Gasteiger partial charge in [-0.15, -0.1) is 11.3 Å². The Morgan fingerprint density at radius 3 is 1.72 bits per heavy atom. The van der Waals surface area contributed by atoms with Gasteiger partial charge in [-0.25, -0.2) is 15.0 Å². The molecule has 0 atom stereocenters. The van der Waals surface area contributed by atoms with Crippen molar-refractivity contribution in [1.29, 1.82) is 0 Å². The molecule has 50 heavy (non-hydrogen) atoms. The zero-order chi connectivity index (χ0) is 33.0. The van der Waals surface area contributed by atoms with E-state index in [0.29, 0.717) is 17.5 Å². The molecule has 0 saturated carbocycles. The molecule has 0 aliphatic rings. The zero-order valence-corrected chi connectivity index (χ0v) is 27.7. The van der Waals surface area contributed by atoms with Crippen molar-refractivity contribution in [2.75, 3.05) is 0 Å². The zero-order valence-electron chi connectivity index (χ0n) is 26.9. The molecule has 0 radical (unpaired) electrons. The molecule has 0 N–H and O–H groups in total. The summed E-state index contributed by atoms with van der Waals surface area (Å²) in [7, 11) is 0. The molecule has 5 heteroatoms. The third-order valence-corrected chi connectivity index (χ3v) is 10.6. The summed E-state index contributed by atoms with van der Waals surface area (Å²) in [5.41, 5.74) is 8.64.